The Labute approximate surface area is 194 Å². The Kier molecular flexibility index (Phi) is 5.25. The molecule has 2 N–H and O–H groups in total. The molecule has 0 bridgehead atoms. The first kappa shape index (κ1) is 21.7. The molecule has 3 aromatic rings. The van der Waals surface area contributed by atoms with E-state index in [1.807, 2.05) is 32.3 Å². The van der Waals surface area contributed by atoms with Crippen LogP contribution in [0.4, 0.5) is 23.3 Å². The lowest BCUT2D eigenvalue weighted by Gasteiger charge is -2.46. The minimum atomic E-state index is -0.237. The van der Waals surface area contributed by atoms with E-state index in [1.165, 1.54) is 0 Å². The molecule has 5 heterocycles. The molecule has 0 spiro atoms. The first-order chi connectivity index (χ1) is 15.8. The Morgan fingerprint density at radius 1 is 1.18 bits per heavy atom. The van der Waals surface area contributed by atoms with Gasteiger partial charge >= 0.3 is 0 Å². The van der Waals surface area contributed by atoms with E-state index in [-0.39, 0.29) is 17.1 Å². The molecule has 9 nitrogen and oxygen atoms in total. The van der Waals surface area contributed by atoms with Crippen LogP contribution in [0.5, 0.6) is 0 Å². The van der Waals surface area contributed by atoms with Crippen molar-refractivity contribution in [1.29, 1.82) is 0 Å². The van der Waals surface area contributed by atoms with E-state index in [4.69, 9.17) is 14.7 Å². The molecule has 9 heteroatoms. The van der Waals surface area contributed by atoms with Gasteiger partial charge in [-0.1, -0.05) is 13.0 Å². The molecule has 172 valence electrons. The Hall–Kier alpha value is -3.17. The Morgan fingerprint density at radius 2 is 2.03 bits per heavy atom. The standard InChI is InChI=1S/C24H30N8O/c1-15-9-17(12-27-31-15)29-22-26-13-18-21(30-22)32(20-8-6-7-16(28-20)11-25-5)19-10-23(2,3)33-14-24(18,19)4/h6-9,12-13,19,25H,10-11,14H2,1-5H3,(H,26,29,30,31)/t19-,24-/m0/s1. The van der Waals surface area contributed by atoms with Crippen molar-refractivity contribution in [2.45, 2.75) is 57.7 Å². The maximum atomic E-state index is 6.28. The van der Waals surface area contributed by atoms with Crippen molar-refractivity contribution in [1.82, 2.24) is 30.5 Å². The van der Waals surface area contributed by atoms with Gasteiger partial charge in [-0.25, -0.2) is 9.97 Å². The number of ether oxygens (including phenoxy) is 1. The topological polar surface area (TPSA) is 101 Å². The summed E-state index contributed by atoms with van der Waals surface area (Å²) in [4.78, 5) is 16.9. The van der Waals surface area contributed by atoms with Gasteiger partial charge in [0.1, 0.15) is 11.6 Å². The molecule has 2 aliphatic rings. The highest BCUT2D eigenvalue weighted by Gasteiger charge is 2.55. The van der Waals surface area contributed by atoms with Crippen LogP contribution >= 0.6 is 0 Å². The number of nitrogens with zero attached hydrogens (tertiary/aromatic N) is 6. The summed E-state index contributed by atoms with van der Waals surface area (Å²) in [6.07, 6.45) is 4.45. The van der Waals surface area contributed by atoms with E-state index in [9.17, 15) is 0 Å². The summed E-state index contributed by atoms with van der Waals surface area (Å²) in [7, 11) is 1.93. The lowest BCUT2D eigenvalue weighted by Crippen LogP contribution is -2.54. The second-order valence-corrected chi connectivity index (χ2v) is 9.71. The van der Waals surface area contributed by atoms with Gasteiger partial charge in [-0.2, -0.15) is 15.2 Å². The molecular weight excluding hydrogens is 416 g/mol. The zero-order valence-corrected chi connectivity index (χ0v) is 19.8. The first-order valence-electron chi connectivity index (χ1n) is 11.3. The maximum absolute atomic E-state index is 6.28. The highest BCUT2D eigenvalue weighted by atomic mass is 16.5. The molecule has 0 aliphatic carbocycles. The van der Waals surface area contributed by atoms with E-state index >= 15 is 0 Å². The molecule has 3 aromatic heterocycles. The molecule has 0 saturated carbocycles. The highest BCUT2D eigenvalue weighted by Crippen LogP contribution is 2.52. The Morgan fingerprint density at radius 3 is 2.82 bits per heavy atom. The van der Waals surface area contributed by atoms with Gasteiger partial charge in [0.2, 0.25) is 5.95 Å². The number of nitrogens with one attached hydrogen (secondary N) is 2. The molecule has 0 radical (unpaired) electrons. The minimum Gasteiger partial charge on any atom is -0.374 e. The number of hydrogen-bond acceptors (Lipinski definition) is 9. The van der Waals surface area contributed by atoms with Gasteiger partial charge in [-0.15, -0.1) is 0 Å². The normalized spacial score (nSPS) is 23.2. The Bertz CT molecular complexity index is 1180. The van der Waals surface area contributed by atoms with Crippen LogP contribution in [-0.4, -0.2) is 50.4 Å². The summed E-state index contributed by atoms with van der Waals surface area (Å²) in [5, 5.41) is 14.5. The second-order valence-electron chi connectivity index (χ2n) is 9.71. The fraction of sp³-hybridized carbons (Fsp3) is 0.458. The number of fused-ring (bicyclic) bond motifs is 3. The van der Waals surface area contributed by atoms with E-state index in [0.29, 0.717) is 19.1 Å². The molecule has 33 heavy (non-hydrogen) atoms. The average molecular weight is 447 g/mol. The van der Waals surface area contributed by atoms with E-state index in [0.717, 1.165) is 40.7 Å². The summed E-state index contributed by atoms with van der Waals surface area (Å²) in [6.45, 7) is 9.76. The number of pyridine rings is 1. The van der Waals surface area contributed by atoms with Gasteiger partial charge in [-0.05, 0) is 52.4 Å². The summed E-state index contributed by atoms with van der Waals surface area (Å²) < 4.78 is 6.28. The van der Waals surface area contributed by atoms with Gasteiger partial charge in [0.25, 0.3) is 0 Å². The Balaban J connectivity index is 1.60. The summed E-state index contributed by atoms with van der Waals surface area (Å²) in [5.74, 6) is 2.27. The maximum Gasteiger partial charge on any atom is 0.229 e. The van der Waals surface area contributed by atoms with Crippen LogP contribution in [0.15, 0.2) is 36.7 Å². The van der Waals surface area contributed by atoms with Gasteiger partial charge in [0.05, 0.1) is 41.5 Å². The third-order valence-corrected chi connectivity index (χ3v) is 6.54. The third-order valence-electron chi connectivity index (χ3n) is 6.54. The van der Waals surface area contributed by atoms with E-state index < -0.39 is 0 Å². The van der Waals surface area contributed by atoms with Gasteiger partial charge < -0.3 is 20.3 Å². The van der Waals surface area contributed by atoms with E-state index in [2.05, 4.69) is 63.6 Å². The molecule has 0 aromatic carbocycles. The van der Waals surface area contributed by atoms with Crippen molar-refractivity contribution in [3.63, 3.8) is 0 Å². The fourth-order valence-electron chi connectivity index (χ4n) is 4.81. The van der Waals surface area contributed by atoms with E-state index in [1.54, 1.807) is 6.20 Å². The largest absolute Gasteiger partial charge is 0.374 e. The van der Waals surface area contributed by atoms with Crippen LogP contribution in [0.25, 0.3) is 0 Å². The van der Waals surface area contributed by atoms with Crippen molar-refractivity contribution in [2.75, 3.05) is 23.9 Å². The predicted octanol–water partition coefficient (Wildman–Crippen LogP) is 3.41. The molecule has 2 aliphatic heterocycles. The first-order valence-corrected chi connectivity index (χ1v) is 11.3. The predicted molar refractivity (Wildman–Crippen MR) is 127 cm³/mol. The molecule has 1 fully saturated rings. The van der Waals surface area contributed by atoms with Crippen molar-refractivity contribution in [3.8, 4) is 0 Å². The summed E-state index contributed by atoms with van der Waals surface area (Å²) in [5.41, 5.74) is 3.22. The smallest absolute Gasteiger partial charge is 0.229 e. The number of aryl methyl sites for hydroxylation is 1. The number of aromatic nitrogens is 5. The molecule has 0 unspecified atom stereocenters. The van der Waals surface area contributed by atoms with Crippen molar-refractivity contribution in [3.05, 3.63) is 53.6 Å². The minimum absolute atomic E-state index is 0.156. The molecule has 0 amide bonds. The number of rotatable bonds is 5. The van der Waals surface area contributed by atoms with Crippen LogP contribution in [0.2, 0.25) is 0 Å². The molecule has 2 atom stereocenters. The van der Waals surface area contributed by atoms with Gasteiger partial charge in [-0.3, -0.25) is 0 Å². The zero-order valence-electron chi connectivity index (χ0n) is 19.8. The molecule has 5 rings (SSSR count). The quantitative estimate of drug-likeness (QED) is 0.610. The monoisotopic (exact) mass is 446 g/mol. The number of hydrogen-bond donors (Lipinski definition) is 2. The summed E-state index contributed by atoms with van der Waals surface area (Å²) >= 11 is 0. The van der Waals surface area contributed by atoms with Crippen LogP contribution in [-0.2, 0) is 16.7 Å². The van der Waals surface area contributed by atoms with Crippen LogP contribution in [0.3, 0.4) is 0 Å². The third kappa shape index (κ3) is 3.91. The highest BCUT2D eigenvalue weighted by molar-refractivity contribution is 5.71. The lowest BCUT2D eigenvalue weighted by molar-refractivity contribution is -0.0893. The summed E-state index contributed by atoms with van der Waals surface area (Å²) in [6, 6.07) is 8.23. The van der Waals surface area contributed by atoms with Crippen molar-refractivity contribution < 1.29 is 4.74 Å². The lowest BCUT2D eigenvalue weighted by atomic mass is 9.73. The zero-order chi connectivity index (χ0) is 23.2. The molecule has 1 saturated heterocycles. The average Bonchev–Trinajstić information content (AvgIpc) is 3.01. The fourth-order valence-corrected chi connectivity index (χ4v) is 4.81. The van der Waals surface area contributed by atoms with Crippen molar-refractivity contribution >= 4 is 23.3 Å². The van der Waals surface area contributed by atoms with Crippen molar-refractivity contribution in [2.24, 2.45) is 0 Å². The van der Waals surface area contributed by atoms with Gasteiger partial charge in [0, 0.05) is 23.7 Å². The van der Waals surface area contributed by atoms with Crippen LogP contribution in [0, 0.1) is 6.92 Å². The van der Waals surface area contributed by atoms with Gasteiger partial charge in [0.15, 0.2) is 0 Å². The molecular formula is C24H30N8O. The second kappa shape index (κ2) is 8.00. The van der Waals surface area contributed by atoms with Crippen LogP contribution < -0.4 is 15.5 Å². The number of anilines is 4. The van der Waals surface area contributed by atoms with Crippen LogP contribution in [0.1, 0.15) is 44.1 Å². The SMILES string of the molecule is CNCc1cccc(N2c3nc(Nc4cnnc(C)c4)ncc3[C@]3(C)COC(C)(C)C[C@H]23)n1.